The smallest absolute Gasteiger partial charge is 0.339 e. The maximum Gasteiger partial charge on any atom is 0.339 e. The Balaban J connectivity index is 1.63. The standard InChI is InChI=1S/C21H17N5O4S/c1-11-3-5-13(6-4-11)17-10-22-21(31-17)26-19(28)18(12(2)25-26)24-23-14-7-8-15(20(29)30)16(27)9-14/h3-10,25,27H,1-2H3,(H,29,30). The van der Waals surface area contributed by atoms with Crippen LogP contribution in [0, 0.1) is 13.8 Å². The molecule has 0 bridgehead atoms. The van der Waals surface area contributed by atoms with Gasteiger partial charge in [-0.25, -0.2) is 9.78 Å². The van der Waals surface area contributed by atoms with Gasteiger partial charge in [-0.1, -0.05) is 41.2 Å². The van der Waals surface area contributed by atoms with Gasteiger partial charge < -0.3 is 10.2 Å². The molecule has 4 rings (SSSR count). The number of nitrogens with one attached hydrogen (secondary N) is 1. The lowest BCUT2D eigenvalue weighted by molar-refractivity contribution is 0.0694. The number of aryl methyl sites for hydroxylation is 2. The van der Waals surface area contributed by atoms with Crippen molar-refractivity contribution in [1.29, 1.82) is 0 Å². The van der Waals surface area contributed by atoms with Gasteiger partial charge in [0.25, 0.3) is 0 Å². The molecule has 10 heteroatoms. The Morgan fingerprint density at radius 1 is 1.13 bits per heavy atom. The van der Waals surface area contributed by atoms with Crippen LogP contribution in [-0.4, -0.2) is 30.9 Å². The number of phenols is 1. The number of aromatic nitrogens is 3. The van der Waals surface area contributed by atoms with Crippen LogP contribution in [0.25, 0.3) is 15.6 Å². The molecule has 2 aromatic carbocycles. The number of carboxylic acid groups (broad SMARTS) is 1. The summed E-state index contributed by atoms with van der Waals surface area (Å²) in [6.45, 7) is 3.70. The molecule has 9 nitrogen and oxygen atoms in total. The molecule has 0 aliphatic rings. The third-order valence-electron chi connectivity index (χ3n) is 4.54. The first-order valence-corrected chi connectivity index (χ1v) is 9.98. The minimum absolute atomic E-state index is 0.0916. The number of rotatable bonds is 5. The molecule has 0 fully saturated rings. The van der Waals surface area contributed by atoms with E-state index in [1.165, 1.54) is 34.2 Å². The van der Waals surface area contributed by atoms with E-state index in [1.807, 2.05) is 31.2 Å². The zero-order valence-corrected chi connectivity index (χ0v) is 17.3. The maximum absolute atomic E-state index is 12.8. The summed E-state index contributed by atoms with van der Waals surface area (Å²) in [6.07, 6.45) is 1.71. The van der Waals surface area contributed by atoms with Crippen LogP contribution in [0.1, 0.15) is 21.6 Å². The Labute approximate surface area is 180 Å². The van der Waals surface area contributed by atoms with Crippen LogP contribution >= 0.6 is 11.3 Å². The number of thiazole rings is 1. The average molecular weight is 435 g/mol. The number of H-pyrrole nitrogens is 1. The summed E-state index contributed by atoms with van der Waals surface area (Å²) in [4.78, 5) is 29.1. The van der Waals surface area contributed by atoms with Crippen LogP contribution < -0.4 is 5.56 Å². The van der Waals surface area contributed by atoms with E-state index in [1.54, 1.807) is 13.1 Å². The zero-order chi connectivity index (χ0) is 22.1. The van der Waals surface area contributed by atoms with Gasteiger partial charge >= 0.3 is 11.5 Å². The van der Waals surface area contributed by atoms with Gasteiger partial charge in [0.1, 0.15) is 11.3 Å². The molecule has 0 aliphatic carbocycles. The number of aromatic hydroxyl groups is 1. The summed E-state index contributed by atoms with van der Waals surface area (Å²) in [5.74, 6) is -1.68. The van der Waals surface area contributed by atoms with Crippen LogP contribution in [0.3, 0.4) is 0 Å². The second-order valence-electron chi connectivity index (χ2n) is 6.81. The molecule has 2 heterocycles. The Morgan fingerprint density at radius 2 is 1.87 bits per heavy atom. The second-order valence-corrected chi connectivity index (χ2v) is 7.81. The van der Waals surface area contributed by atoms with Crippen LogP contribution in [0.4, 0.5) is 11.4 Å². The number of hydrogen-bond acceptors (Lipinski definition) is 7. The largest absolute Gasteiger partial charge is 0.507 e. The third kappa shape index (κ3) is 4.01. The molecular weight excluding hydrogens is 418 g/mol. The fraction of sp³-hybridized carbons (Fsp3) is 0.0952. The van der Waals surface area contributed by atoms with Crippen LogP contribution in [0.15, 0.2) is 63.7 Å². The predicted molar refractivity (Wildman–Crippen MR) is 116 cm³/mol. The molecule has 2 aromatic heterocycles. The number of azo groups is 1. The topological polar surface area (TPSA) is 133 Å². The summed E-state index contributed by atoms with van der Waals surface area (Å²) >= 11 is 1.36. The fourth-order valence-electron chi connectivity index (χ4n) is 2.88. The van der Waals surface area contributed by atoms with E-state index in [4.69, 9.17) is 5.11 Å². The molecule has 0 aliphatic heterocycles. The fourth-order valence-corrected chi connectivity index (χ4v) is 3.76. The Morgan fingerprint density at radius 3 is 2.55 bits per heavy atom. The van der Waals surface area contributed by atoms with E-state index in [9.17, 15) is 14.7 Å². The number of nitrogens with zero attached hydrogens (tertiary/aromatic N) is 4. The van der Waals surface area contributed by atoms with Crippen molar-refractivity contribution in [2.24, 2.45) is 10.2 Å². The Kier molecular flexibility index (Phi) is 5.22. The summed E-state index contributed by atoms with van der Waals surface area (Å²) < 4.78 is 1.30. The molecule has 3 N–H and O–H groups in total. The number of carboxylic acids is 1. The van der Waals surface area contributed by atoms with Crippen molar-refractivity contribution >= 4 is 28.7 Å². The van der Waals surface area contributed by atoms with Gasteiger partial charge in [-0.05, 0) is 31.5 Å². The average Bonchev–Trinajstić information content (AvgIpc) is 3.32. The van der Waals surface area contributed by atoms with E-state index in [-0.39, 0.29) is 16.9 Å². The molecule has 0 radical (unpaired) electrons. The summed E-state index contributed by atoms with van der Waals surface area (Å²) in [5, 5.41) is 30.1. The molecule has 0 saturated heterocycles. The highest BCUT2D eigenvalue weighted by Crippen LogP contribution is 2.29. The highest BCUT2D eigenvalue weighted by molar-refractivity contribution is 7.17. The Hall–Kier alpha value is -4.05. The molecule has 0 amide bonds. The normalized spacial score (nSPS) is 11.3. The van der Waals surface area contributed by atoms with E-state index < -0.39 is 17.3 Å². The van der Waals surface area contributed by atoms with Gasteiger partial charge in [-0.2, -0.15) is 9.80 Å². The summed E-state index contributed by atoms with van der Waals surface area (Å²) in [7, 11) is 0. The van der Waals surface area contributed by atoms with Crippen molar-refractivity contribution in [3.63, 3.8) is 0 Å². The number of aromatic amines is 1. The molecule has 31 heavy (non-hydrogen) atoms. The quantitative estimate of drug-likeness (QED) is 0.390. The SMILES string of the molecule is Cc1ccc(-c2cnc(-n3[nH]c(C)c(N=Nc4ccc(C(=O)O)c(O)c4)c3=O)s2)cc1. The molecule has 0 unspecified atom stereocenters. The minimum Gasteiger partial charge on any atom is -0.507 e. The predicted octanol–water partition coefficient (Wildman–Crippen LogP) is 4.73. The van der Waals surface area contributed by atoms with E-state index in [2.05, 4.69) is 20.3 Å². The van der Waals surface area contributed by atoms with Crippen LogP contribution in [0.5, 0.6) is 5.75 Å². The zero-order valence-electron chi connectivity index (χ0n) is 16.5. The summed E-state index contributed by atoms with van der Waals surface area (Å²) in [6, 6.07) is 11.8. The van der Waals surface area contributed by atoms with Crippen molar-refractivity contribution in [2.45, 2.75) is 13.8 Å². The lowest BCUT2D eigenvalue weighted by Crippen LogP contribution is -2.13. The maximum atomic E-state index is 12.8. The van der Waals surface area contributed by atoms with Crippen molar-refractivity contribution in [1.82, 2.24) is 14.8 Å². The number of benzene rings is 2. The Bertz CT molecular complexity index is 1370. The van der Waals surface area contributed by atoms with E-state index in [0.29, 0.717) is 10.8 Å². The van der Waals surface area contributed by atoms with Crippen molar-refractivity contribution in [2.75, 3.05) is 0 Å². The first-order chi connectivity index (χ1) is 14.8. The first kappa shape index (κ1) is 20.2. The van der Waals surface area contributed by atoms with Gasteiger partial charge in [-0.15, -0.1) is 5.11 Å². The molecule has 0 spiro atoms. The van der Waals surface area contributed by atoms with Gasteiger partial charge in [0.15, 0.2) is 5.69 Å². The molecule has 156 valence electrons. The first-order valence-electron chi connectivity index (χ1n) is 9.16. The lowest BCUT2D eigenvalue weighted by Gasteiger charge is -1.99. The highest BCUT2D eigenvalue weighted by atomic mass is 32.1. The number of carbonyl (C=O) groups is 1. The minimum atomic E-state index is -1.25. The monoisotopic (exact) mass is 435 g/mol. The van der Waals surface area contributed by atoms with Gasteiger partial charge in [0.2, 0.25) is 5.13 Å². The molecular formula is C21H17N5O4S. The van der Waals surface area contributed by atoms with Crippen molar-refractivity contribution in [3.05, 3.63) is 75.8 Å². The van der Waals surface area contributed by atoms with Gasteiger partial charge in [0, 0.05) is 12.3 Å². The third-order valence-corrected chi connectivity index (χ3v) is 5.57. The van der Waals surface area contributed by atoms with E-state index >= 15 is 0 Å². The van der Waals surface area contributed by atoms with Gasteiger partial charge in [0.05, 0.1) is 16.3 Å². The van der Waals surface area contributed by atoms with Crippen molar-refractivity contribution < 1.29 is 15.0 Å². The molecule has 4 aromatic rings. The summed E-state index contributed by atoms with van der Waals surface area (Å²) in [5.41, 5.74) is 2.30. The molecule has 0 atom stereocenters. The van der Waals surface area contributed by atoms with E-state index in [0.717, 1.165) is 16.0 Å². The molecule has 0 saturated carbocycles. The lowest BCUT2D eigenvalue weighted by atomic mass is 10.1. The van der Waals surface area contributed by atoms with Crippen molar-refractivity contribution in [3.8, 4) is 21.3 Å². The van der Waals surface area contributed by atoms with Crippen LogP contribution in [0.2, 0.25) is 0 Å². The highest BCUT2D eigenvalue weighted by Gasteiger charge is 2.16. The van der Waals surface area contributed by atoms with Gasteiger partial charge in [-0.3, -0.25) is 9.89 Å². The number of hydrogen-bond donors (Lipinski definition) is 3. The number of aromatic carboxylic acids is 1. The second kappa shape index (κ2) is 8.00. The van der Waals surface area contributed by atoms with Crippen LogP contribution in [-0.2, 0) is 0 Å².